The molecule has 1 aromatic carbocycles. The van der Waals surface area contributed by atoms with Crippen LogP contribution < -0.4 is 0 Å². The van der Waals surface area contributed by atoms with Crippen molar-refractivity contribution in [1.29, 1.82) is 0 Å². The summed E-state index contributed by atoms with van der Waals surface area (Å²) in [6, 6.07) is 5.80. The smallest absolute Gasteiger partial charge is 0.271 e. The van der Waals surface area contributed by atoms with Gasteiger partial charge in [-0.1, -0.05) is 12.1 Å². The number of hydrogen-bond acceptors (Lipinski definition) is 2. The van der Waals surface area contributed by atoms with Crippen LogP contribution in [0.2, 0.25) is 0 Å². The van der Waals surface area contributed by atoms with Gasteiger partial charge in [-0.15, -0.1) is 0 Å². The van der Waals surface area contributed by atoms with Crippen molar-refractivity contribution in [3.8, 4) is 0 Å². The monoisotopic (exact) mass is 219 g/mol. The molecular formula is C13H17NO2. The van der Waals surface area contributed by atoms with Crippen molar-refractivity contribution in [1.82, 2.24) is 5.06 Å². The molecule has 1 fully saturated rings. The Labute approximate surface area is 96.0 Å². The lowest BCUT2D eigenvalue weighted by Gasteiger charge is -2.26. The molecule has 1 aliphatic heterocycles. The normalized spacial score (nSPS) is 16.2. The van der Waals surface area contributed by atoms with Gasteiger partial charge in [0, 0.05) is 12.1 Å². The number of amides is 1. The van der Waals surface area contributed by atoms with E-state index in [1.54, 1.807) is 0 Å². The van der Waals surface area contributed by atoms with E-state index < -0.39 is 0 Å². The summed E-state index contributed by atoms with van der Waals surface area (Å²) < 4.78 is 0. The summed E-state index contributed by atoms with van der Waals surface area (Å²) in [5.74, 6) is -0.0131. The van der Waals surface area contributed by atoms with Gasteiger partial charge in [-0.25, -0.2) is 5.06 Å². The van der Waals surface area contributed by atoms with Gasteiger partial charge in [0.15, 0.2) is 0 Å². The SMILES string of the molecule is Cc1cccc(C(=O)N2CCCCO2)c1C. The van der Waals surface area contributed by atoms with E-state index in [-0.39, 0.29) is 5.91 Å². The first-order chi connectivity index (χ1) is 7.70. The summed E-state index contributed by atoms with van der Waals surface area (Å²) in [4.78, 5) is 17.5. The van der Waals surface area contributed by atoms with Crippen LogP contribution in [0, 0.1) is 13.8 Å². The van der Waals surface area contributed by atoms with Crippen molar-refractivity contribution in [2.45, 2.75) is 26.7 Å². The highest BCUT2D eigenvalue weighted by Gasteiger charge is 2.20. The van der Waals surface area contributed by atoms with Gasteiger partial charge in [-0.3, -0.25) is 9.63 Å². The van der Waals surface area contributed by atoms with E-state index in [0.29, 0.717) is 13.2 Å². The average Bonchev–Trinajstić information content (AvgIpc) is 2.33. The molecule has 1 heterocycles. The Bertz CT molecular complexity index is 395. The maximum absolute atomic E-state index is 12.2. The van der Waals surface area contributed by atoms with Gasteiger partial charge in [0.1, 0.15) is 0 Å². The molecule has 0 aliphatic carbocycles. The van der Waals surface area contributed by atoms with Crippen LogP contribution in [0.3, 0.4) is 0 Å². The zero-order chi connectivity index (χ0) is 11.5. The van der Waals surface area contributed by atoms with Crippen LogP contribution in [-0.4, -0.2) is 24.1 Å². The number of hydroxylamine groups is 2. The third kappa shape index (κ3) is 2.09. The second kappa shape index (κ2) is 4.66. The molecule has 1 amide bonds. The molecule has 0 atom stereocenters. The van der Waals surface area contributed by atoms with Gasteiger partial charge in [-0.2, -0.15) is 0 Å². The Morgan fingerprint density at radius 2 is 2.12 bits per heavy atom. The molecule has 86 valence electrons. The molecule has 0 spiro atoms. The summed E-state index contributed by atoms with van der Waals surface area (Å²) >= 11 is 0. The van der Waals surface area contributed by atoms with Crippen molar-refractivity contribution >= 4 is 5.91 Å². The van der Waals surface area contributed by atoms with E-state index >= 15 is 0 Å². The van der Waals surface area contributed by atoms with Crippen molar-refractivity contribution in [2.24, 2.45) is 0 Å². The predicted octanol–water partition coefficient (Wildman–Crippen LogP) is 2.47. The van der Waals surface area contributed by atoms with E-state index in [1.807, 2.05) is 32.0 Å². The molecule has 0 aromatic heterocycles. The largest absolute Gasteiger partial charge is 0.277 e. The maximum Gasteiger partial charge on any atom is 0.277 e. The standard InChI is InChI=1S/C13H17NO2/c1-10-6-5-7-12(11(10)2)13(15)14-8-3-4-9-16-14/h5-7H,3-4,8-9H2,1-2H3. The molecule has 1 aliphatic rings. The average molecular weight is 219 g/mol. The third-order valence-electron chi connectivity index (χ3n) is 3.06. The second-order valence-electron chi connectivity index (χ2n) is 4.20. The van der Waals surface area contributed by atoms with Crippen molar-refractivity contribution in [3.63, 3.8) is 0 Å². The molecule has 0 bridgehead atoms. The highest BCUT2D eigenvalue weighted by atomic mass is 16.7. The molecule has 1 saturated heterocycles. The number of nitrogens with zero attached hydrogens (tertiary/aromatic N) is 1. The number of benzene rings is 1. The molecule has 0 N–H and O–H groups in total. The topological polar surface area (TPSA) is 29.5 Å². The fourth-order valence-electron chi connectivity index (χ4n) is 1.87. The molecule has 0 saturated carbocycles. The molecule has 1 aromatic rings. The predicted molar refractivity (Wildman–Crippen MR) is 62.1 cm³/mol. The van der Waals surface area contributed by atoms with E-state index in [9.17, 15) is 4.79 Å². The highest BCUT2D eigenvalue weighted by Crippen LogP contribution is 2.17. The van der Waals surface area contributed by atoms with Crippen molar-refractivity contribution < 1.29 is 9.63 Å². The summed E-state index contributed by atoms with van der Waals surface area (Å²) in [6.07, 6.45) is 2.06. The Morgan fingerprint density at radius 1 is 1.31 bits per heavy atom. The number of hydrogen-bond donors (Lipinski definition) is 0. The number of carbonyl (C=O) groups excluding carboxylic acids is 1. The van der Waals surface area contributed by atoms with Crippen LogP contribution in [-0.2, 0) is 4.84 Å². The summed E-state index contributed by atoms with van der Waals surface area (Å²) in [7, 11) is 0. The zero-order valence-corrected chi connectivity index (χ0v) is 9.82. The van der Waals surface area contributed by atoms with Crippen LogP contribution in [0.25, 0.3) is 0 Å². The lowest BCUT2D eigenvalue weighted by molar-refractivity contribution is -0.144. The Hall–Kier alpha value is -1.35. The third-order valence-corrected chi connectivity index (χ3v) is 3.06. The van der Waals surface area contributed by atoms with E-state index in [2.05, 4.69) is 0 Å². The Kier molecular flexibility index (Phi) is 3.25. The van der Waals surface area contributed by atoms with Crippen molar-refractivity contribution in [3.05, 3.63) is 34.9 Å². The van der Waals surface area contributed by atoms with Crippen LogP contribution in [0.4, 0.5) is 0 Å². The molecule has 3 heteroatoms. The number of rotatable bonds is 1. The quantitative estimate of drug-likeness (QED) is 0.726. The molecule has 3 nitrogen and oxygen atoms in total. The number of carbonyl (C=O) groups is 1. The van der Waals surface area contributed by atoms with Crippen LogP contribution >= 0.6 is 0 Å². The van der Waals surface area contributed by atoms with Crippen LogP contribution in [0.15, 0.2) is 18.2 Å². The highest BCUT2D eigenvalue weighted by molar-refractivity contribution is 5.95. The fourth-order valence-corrected chi connectivity index (χ4v) is 1.87. The first kappa shape index (κ1) is 11.1. The zero-order valence-electron chi connectivity index (χ0n) is 9.82. The van der Waals surface area contributed by atoms with Gasteiger partial charge >= 0.3 is 0 Å². The van der Waals surface area contributed by atoms with Gasteiger partial charge in [0.25, 0.3) is 5.91 Å². The lowest BCUT2D eigenvalue weighted by atomic mass is 10.0. The first-order valence-corrected chi connectivity index (χ1v) is 5.71. The molecular weight excluding hydrogens is 202 g/mol. The van der Waals surface area contributed by atoms with Crippen LogP contribution in [0.5, 0.6) is 0 Å². The summed E-state index contributed by atoms with van der Waals surface area (Å²) in [6.45, 7) is 5.35. The van der Waals surface area contributed by atoms with Gasteiger partial charge in [-0.05, 0) is 43.9 Å². The van der Waals surface area contributed by atoms with E-state index in [0.717, 1.165) is 29.5 Å². The van der Waals surface area contributed by atoms with E-state index in [1.165, 1.54) is 5.06 Å². The molecule has 16 heavy (non-hydrogen) atoms. The first-order valence-electron chi connectivity index (χ1n) is 5.71. The summed E-state index contributed by atoms with van der Waals surface area (Å²) in [5.41, 5.74) is 2.94. The Balaban J connectivity index is 2.22. The molecule has 2 rings (SSSR count). The van der Waals surface area contributed by atoms with E-state index in [4.69, 9.17) is 4.84 Å². The van der Waals surface area contributed by atoms with Crippen LogP contribution in [0.1, 0.15) is 34.3 Å². The van der Waals surface area contributed by atoms with Gasteiger partial charge < -0.3 is 0 Å². The minimum atomic E-state index is -0.0131. The van der Waals surface area contributed by atoms with Gasteiger partial charge in [0.05, 0.1) is 6.61 Å². The molecule has 0 unspecified atom stereocenters. The Morgan fingerprint density at radius 3 is 2.81 bits per heavy atom. The maximum atomic E-state index is 12.2. The minimum Gasteiger partial charge on any atom is -0.271 e. The fraction of sp³-hybridized carbons (Fsp3) is 0.462. The molecule has 0 radical (unpaired) electrons. The van der Waals surface area contributed by atoms with Gasteiger partial charge in [0.2, 0.25) is 0 Å². The minimum absolute atomic E-state index is 0.0131. The lowest BCUT2D eigenvalue weighted by Crippen LogP contribution is -2.36. The number of aryl methyl sites for hydroxylation is 1. The van der Waals surface area contributed by atoms with Crippen molar-refractivity contribution in [2.75, 3.05) is 13.2 Å². The summed E-state index contributed by atoms with van der Waals surface area (Å²) in [5, 5.41) is 1.49. The second-order valence-corrected chi connectivity index (χ2v) is 4.20.